The lowest BCUT2D eigenvalue weighted by atomic mass is 9.92. The molecule has 2 atom stereocenters. The first-order valence-electron chi connectivity index (χ1n) is 8.40. The molecular formula is C15H26N2O6S. The van der Waals surface area contributed by atoms with Crippen LogP contribution in [0.5, 0.6) is 0 Å². The minimum atomic E-state index is -3.69. The molecule has 138 valence electrons. The van der Waals surface area contributed by atoms with Crippen molar-refractivity contribution in [3.63, 3.8) is 0 Å². The number of nitrogens with zero attached hydrogens (tertiary/aromatic N) is 2. The van der Waals surface area contributed by atoms with Crippen molar-refractivity contribution in [2.45, 2.75) is 33.1 Å². The lowest BCUT2D eigenvalue weighted by Crippen LogP contribution is -2.53. The zero-order valence-electron chi connectivity index (χ0n) is 14.2. The van der Waals surface area contributed by atoms with Gasteiger partial charge in [0, 0.05) is 26.2 Å². The zero-order chi connectivity index (χ0) is 17.9. The molecule has 8 nitrogen and oxygen atoms in total. The molecule has 0 amide bonds. The number of carbonyl (C=O) groups is 2. The fourth-order valence-electron chi connectivity index (χ4n) is 3.42. The molecule has 0 bridgehead atoms. The van der Waals surface area contributed by atoms with E-state index in [0.29, 0.717) is 32.4 Å². The van der Waals surface area contributed by atoms with Gasteiger partial charge in [0.2, 0.25) is 0 Å². The first-order chi connectivity index (χ1) is 11.3. The van der Waals surface area contributed by atoms with Crippen molar-refractivity contribution >= 4 is 22.1 Å². The molecule has 2 aliphatic heterocycles. The quantitative estimate of drug-likeness (QED) is 0.716. The van der Waals surface area contributed by atoms with Crippen LogP contribution in [0, 0.1) is 17.8 Å². The Labute approximate surface area is 142 Å². The standard InChI is InChI=1S/C15H26N2O6S/c1-3-23-15(20)12-4-6-16(7-5-12)24(21,22)17-9-11(2)8-13(10-17)14(18)19/h11-13H,3-10H2,1-2H3,(H,18,19). The molecule has 0 spiro atoms. The summed E-state index contributed by atoms with van der Waals surface area (Å²) in [5.74, 6) is -2.15. The van der Waals surface area contributed by atoms with E-state index in [0.717, 1.165) is 0 Å². The molecular weight excluding hydrogens is 336 g/mol. The Morgan fingerprint density at radius 1 is 1.12 bits per heavy atom. The van der Waals surface area contributed by atoms with Gasteiger partial charge in [0.1, 0.15) is 0 Å². The Morgan fingerprint density at radius 2 is 1.75 bits per heavy atom. The maximum absolute atomic E-state index is 12.8. The Hall–Kier alpha value is -1.19. The third-order valence-corrected chi connectivity index (χ3v) is 6.67. The van der Waals surface area contributed by atoms with Crippen LogP contribution in [0.25, 0.3) is 0 Å². The second kappa shape index (κ2) is 7.79. The lowest BCUT2D eigenvalue weighted by Gasteiger charge is -2.38. The Bertz CT molecular complexity index is 571. The second-order valence-corrected chi connectivity index (χ2v) is 8.55. The third-order valence-electron chi connectivity index (χ3n) is 4.70. The van der Waals surface area contributed by atoms with E-state index in [1.165, 1.54) is 8.61 Å². The van der Waals surface area contributed by atoms with Crippen molar-refractivity contribution in [1.29, 1.82) is 0 Å². The van der Waals surface area contributed by atoms with Gasteiger partial charge in [-0.1, -0.05) is 6.92 Å². The summed E-state index contributed by atoms with van der Waals surface area (Å²) in [5, 5.41) is 9.21. The fourth-order valence-corrected chi connectivity index (χ4v) is 5.23. The normalized spacial score (nSPS) is 27.8. The minimum absolute atomic E-state index is 0.00620. The monoisotopic (exact) mass is 362 g/mol. The summed E-state index contributed by atoms with van der Waals surface area (Å²) in [6.07, 6.45) is 1.36. The highest BCUT2D eigenvalue weighted by molar-refractivity contribution is 7.86. The minimum Gasteiger partial charge on any atom is -0.481 e. The van der Waals surface area contributed by atoms with Gasteiger partial charge in [0.15, 0.2) is 0 Å². The summed E-state index contributed by atoms with van der Waals surface area (Å²) in [5.41, 5.74) is 0. The highest BCUT2D eigenvalue weighted by atomic mass is 32.2. The molecule has 0 aromatic heterocycles. The van der Waals surface area contributed by atoms with E-state index in [1.54, 1.807) is 6.92 Å². The molecule has 2 saturated heterocycles. The molecule has 2 unspecified atom stereocenters. The van der Waals surface area contributed by atoms with E-state index in [9.17, 15) is 23.1 Å². The third kappa shape index (κ3) is 4.25. The number of carbonyl (C=O) groups excluding carboxylic acids is 1. The first kappa shape index (κ1) is 19.1. The van der Waals surface area contributed by atoms with Crippen molar-refractivity contribution in [3.8, 4) is 0 Å². The maximum Gasteiger partial charge on any atom is 0.309 e. The molecule has 2 aliphatic rings. The number of esters is 1. The molecule has 9 heteroatoms. The zero-order valence-corrected chi connectivity index (χ0v) is 15.0. The van der Waals surface area contributed by atoms with E-state index < -0.39 is 22.1 Å². The number of hydrogen-bond donors (Lipinski definition) is 1. The number of carboxylic acids is 1. The van der Waals surface area contributed by atoms with Gasteiger partial charge >= 0.3 is 11.9 Å². The topological polar surface area (TPSA) is 104 Å². The van der Waals surface area contributed by atoms with Gasteiger partial charge in [-0.15, -0.1) is 0 Å². The van der Waals surface area contributed by atoms with Gasteiger partial charge in [-0.25, -0.2) is 0 Å². The number of ether oxygens (including phenoxy) is 1. The highest BCUT2D eigenvalue weighted by Gasteiger charge is 2.40. The molecule has 2 rings (SSSR count). The van der Waals surface area contributed by atoms with Crippen LogP contribution in [-0.2, 0) is 24.5 Å². The number of hydrogen-bond acceptors (Lipinski definition) is 5. The van der Waals surface area contributed by atoms with Crippen LogP contribution in [0.2, 0.25) is 0 Å². The predicted molar refractivity (Wildman–Crippen MR) is 86.3 cm³/mol. The van der Waals surface area contributed by atoms with E-state index in [2.05, 4.69) is 0 Å². The SMILES string of the molecule is CCOC(=O)C1CCN(S(=O)(=O)N2CC(C)CC(C(=O)O)C2)CC1. The number of aliphatic carboxylic acids is 1. The van der Waals surface area contributed by atoms with Crippen LogP contribution in [-0.4, -0.2) is 66.9 Å². The van der Waals surface area contributed by atoms with Gasteiger partial charge in [-0.3, -0.25) is 9.59 Å². The first-order valence-corrected chi connectivity index (χ1v) is 9.80. The van der Waals surface area contributed by atoms with Crippen molar-refractivity contribution in [2.24, 2.45) is 17.8 Å². The molecule has 2 fully saturated rings. The fraction of sp³-hybridized carbons (Fsp3) is 0.867. The van der Waals surface area contributed by atoms with Crippen LogP contribution < -0.4 is 0 Å². The predicted octanol–water partition coefficient (Wildman–Crippen LogP) is 0.549. The van der Waals surface area contributed by atoms with Gasteiger partial charge in [-0.2, -0.15) is 17.0 Å². The summed E-state index contributed by atoms with van der Waals surface area (Å²) in [4.78, 5) is 23.0. The van der Waals surface area contributed by atoms with E-state index >= 15 is 0 Å². The van der Waals surface area contributed by atoms with Crippen LogP contribution in [0.3, 0.4) is 0 Å². The van der Waals surface area contributed by atoms with E-state index in [-0.39, 0.29) is 37.4 Å². The number of carboxylic acid groups (broad SMARTS) is 1. The molecule has 24 heavy (non-hydrogen) atoms. The van der Waals surface area contributed by atoms with Crippen LogP contribution in [0.1, 0.15) is 33.1 Å². The van der Waals surface area contributed by atoms with E-state index in [1.807, 2.05) is 6.92 Å². The summed E-state index contributed by atoms with van der Waals surface area (Å²) >= 11 is 0. The summed E-state index contributed by atoms with van der Waals surface area (Å²) in [7, 11) is -3.69. The molecule has 1 N–H and O–H groups in total. The largest absolute Gasteiger partial charge is 0.481 e. The highest BCUT2D eigenvalue weighted by Crippen LogP contribution is 2.28. The number of rotatable bonds is 5. The Balaban J connectivity index is 2.01. The molecule has 2 heterocycles. The molecule has 0 radical (unpaired) electrons. The van der Waals surface area contributed by atoms with Crippen molar-refractivity contribution < 1.29 is 27.9 Å². The molecule has 0 aromatic rings. The van der Waals surface area contributed by atoms with Gasteiger partial charge in [0.05, 0.1) is 18.4 Å². The smallest absolute Gasteiger partial charge is 0.309 e. The Morgan fingerprint density at radius 3 is 2.29 bits per heavy atom. The van der Waals surface area contributed by atoms with Crippen molar-refractivity contribution in [2.75, 3.05) is 32.8 Å². The van der Waals surface area contributed by atoms with E-state index in [4.69, 9.17) is 4.74 Å². The van der Waals surface area contributed by atoms with Gasteiger partial charge in [-0.05, 0) is 32.1 Å². The van der Waals surface area contributed by atoms with Crippen LogP contribution >= 0.6 is 0 Å². The van der Waals surface area contributed by atoms with Crippen molar-refractivity contribution in [1.82, 2.24) is 8.61 Å². The maximum atomic E-state index is 12.8. The van der Waals surface area contributed by atoms with Crippen molar-refractivity contribution in [3.05, 3.63) is 0 Å². The molecule has 0 aliphatic carbocycles. The summed E-state index contributed by atoms with van der Waals surface area (Å²) < 4.78 is 33.2. The lowest BCUT2D eigenvalue weighted by molar-refractivity contribution is -0.149. The van der Waals surface area contributed by atoms with Gasteiger partial charge < -0.3 is 9.84 Å². The average molecular weight is 362 g/mol. The van der Waals surface area contributed by atoms with Gasteiger partial charge in [0.25, 0.3) is 10.2 Å². The Kier molecular flexibility index (Phi) is 6.22. The summed E-state index contributed by atoms with van der Waals surface area (Å²) in [6, 6.07) is 0. The average Bonchev–Trinajstić information content (AvgIpc) is 2.54. The number of piperidine rings is 2. The van der Waals surface area contributed by atoms with Crippen LogP contribution in [0.4, 0.5) is 0 Å². The van der Waals surface area contributed by atoms with Crippen LogP contribution in [0.15, 0.2) is 0 Å². The summed E-state index contributed by atoms with van der Waals surface area (Å²) in [6.45, 7) is 4.80. The second-order valence-electron chi connectivity index (χ2n) is 6.63. The molecule has 0 aromatic carbocycles. The molecule has 0 saturated carbocycles.